The average molecular weight is 254 g/mol. The molecule has 0 saturated carbocycles. The summed E-state index contributed by atoms with van der Waals surface area (Å²) < 4.78 is 4.56. The molecule has 6 heteroatoms. The molecule has 0 unspecified atom stereocenters. The van der Waals surface area contributed by atoms with Crippen LogP contribution in [0.4, 0.5) is 0 Å². The van der Waals surface area contributed by atoms with Crippen LogP contribution in [0.25, 0.3) is 5.57 Å². The topological polar surface area (TPSA) is 77.6 Å². The van der Waals surface area contributed by atoms with E-state index in [9.17, 15) is 4.79 Å². The maximum atomic E-state index is 11.3. The molecular weight excluding hydrogens is 242 g/mol. The average Bonchev–Trinajstić information content (AvgIpc) is 2.35. The molecule has 1 aromatic heterocycles. The first-order valence-electron chi connectivity index (χ1n) is 4.72. The molecule has 0 spiro atoms. The van der Waals surface area contributed by atoms with Crippen LogP contribution >= 0.6 is 11.6 Å². The Morgan fingerprint density at radius 1 is 1.65 bits per heavy atom. The van der Waals surface area contributed by atoms with Crippen molar-refractivity contribution in [1.29, 1.82) is 0 Å². The molecule has 0 amide bonds. The van der Waals surface area contributed by atoms with Crippen LogP contribution in [0.15, 0.2) is 23.5 Å². The second kappa shape index (κ2) is 6.00. The highest BCUT2D eigenvalue weighted by Crippen LogP contribution is 2.20. The van der Waals surface area contributed by atoms with Gasteiger partial charge in [-0.2, -0.15) is 0 Å². The lowest BCUT2D eigenvalue weighted by Gasteiger charge is -2.04. The molecule has 0 fully saturated rings. The highest BCUT2D eigenvalue weighted by Gasteiger charge is 2.12. The van der Waals surface area contributed by atoms with Crippen molar-refractivity contribution in [3.8, 4) is 0 Å². The molecule has 0 atom stereocenters. The van der Waals surface area contributed by atoms with E-state index in [1.165, 1.54) is 25.6 Å². The van der Waals surface area contributed by atoms with Crippen LogP contribution in [0.1, 0.15) is 16.1 Å². The predicted octanol–water partition coefficient (Wildman–Crippen LogP) is 1.52. The van der Waals surface area contributed by atoms with Crippen LogP contribution in [-0.2, 0) is 4.74 Å². The van der Waals surface area contributed by atoms with Crippen LogP contribution in [0.5, 0.6) is 0 Å². The summed E-state index contributed by atoms with van der Waals surface area (Å²) in [5, 5.41) is 0.255. The van der Waals surface area contributed by atoms with Gasteiger partial charge in [-0.05, 0) is 6.07 Å². The normalized spacial score (nSPS) is 11.8. The van der Waals surface area contributed by atoms with E-state index < -0.39 is 5.97 Å². The minimum Gasteiger partial charge on any atom is -0.465 e. The zero-order valence-corrected chi connectivity index (χ0v) is 10.2. The van der Waals surface area contributed by atoms with Crippen molar-refractivity contribution < 1.29 is 9.53 Å². The molecule has 0 radical (unpaired) electrons. The predicted molar refractivity (Wildman–Crippen MR) is 67.2 cm³/mol. The minimum absolute atomic E-state index is 0.211. The number of aliphatic imine (C=N–C) groups is 1. The first-order chi connectivity index (χ1) is 8.13. The number of aromatic nitrogens is 1. The third kappa shape index (κ3) is 3.04. The van der Waals surface area contributed by atoms with Crippen LogP contribution < -0.4 is 5.73 Å². The van der Waals surface area contributed by atoms with E-state index in [1.54, 1.807) is 13.3 Å². The smallest absolute Gasteiger partial charge is 0.340 e. The summed E-state index contributed by atoms with van der Waals surface area (Å²) in [5.41, 5.74) is 6.80. The van der Waals surface area contributed by atoms with Crippen molar-refractivity contribution in [2.45, 2.75) is 0 Å². The van der Waals surface area contributed by atoms with E-state index in [1.807, 2.05) is 0 Å². The van der Waals surface area contributed by atoms with Gasteiger partial charge in [0.2, 0.25) is 0 Å². The molecular formula is C11H12ClN3O2. The van der Waals surface area contributed by atoms with E-state index in [0.29, 0.717) is 11.3 Å². The number of rotatable bonds is 3. The standard InChI is InChI=1S/C11H12ClN3O2/c1-14-5-7(4-13)10-3-9(12)8(6-15-10)11(16)17-2/h3-6H,13H2,1-2H3. The summed E-state index contributed by atoms with van der Waals surface area (Å²) in [6.07, 6.45) is 4.26. The lowest BCUT2D eigenvalue weighted by atomic mass is 10.1. The van der Waals surface area contributed by atoms with Crippen LogP contribution in [-0.4, -0.2) is 31.3 Å². The number of hydrogen-bond acceptors (Lipinski definition) is 5. The number of hydrogen-bond donors (Lipinski definition) is 1. The van der Waals surface area contributed by atoms with Crippen molar-refractivity contribution in [1.82, 2.24) is 4.98 Å². The molecule has 17 heavy (non-hydrogen) atoms. The number of methoxy groups -OCH3 is 1. The number of carbonyl (C=O) groups is 1. The Labute approximate surface area is 104 Å². The molecule has 0 bridgehead atoms. The first kappa shape index (κ1) is 13.2. The Morgan fingerprint density at radius 2 is 2.35 bits per heavy atom. The molecule has 0 aliphatic heterocycles. The Kier molecular flexibility index (Phi) is 4.66. The minimum atomic E-state index is -0.531. The van der Waals surface area contributed by atoms with Crippen molar-refractivity contribution in [2.24, 2.45) is 10.7 Å². The molecule has 5 nitrogen and oxygen atoms in total. The summed E-state index contributed by atoms with van der Waals surface area (Å²) in [4.78, 5) is 19.2. The fourth-order valence-corrected chi connectivity index (χ4v) is 1.41. The van der Waals surface area contributed by atoms with E-state index in [-0.39, 0.29) is 10.6 Å². The quantitative estimate of drug-likeness (QED) is 0.654. The van der Waals surface area contributed by atoms with E-state index >= 15 is 0 Å². The zero-order valence-electron chi connectivity index (χ0n) is 9.48. The van der Waals surface area contributed by atoms with Gasteiger partial charge in [-0.1, -0.05) is 11.6 Å². The number of ether oxygens (including phenoxy) is 1. The maximum absolute atomic E-state index is 11.3. The number of halogens is 1. The van der Waals surface area contributed by atoms with Gasteiger partial charge in [0.25, 0.3) is 0 Å². The number of pyridine rings is 1. The summed E-state index contributed by atoms with van der Waals surface area (Å²) in [5.74, 6) is -0.531. The van der Waals surface area contributed by atoms with Crippen molar-refractivity contribution >= 4 is 29.4 Å². The van der Waals surface area contributed by atoms with E-state index in [0.717, 1.165) is 0 Å². The Balaban J connectivity index is 3.16. The summed E-state index contributed by atoms with van der Waals surface area (Å²) in [7, 11) is 2.90. The van der Waals surface area contributed by atoms with Crippen LogP contribution in [0.3, 0.4) is 0 Å². The van der Waals surface area contributed by atoms with Gasteiger partial charge >= 0.3 is 5.97 Å². The number of esters is 1. The lowest BCUT2D eigenvalue weighted by Crippen LogP contribution is -2.04. The van der Waals surface area contributed by atoms with E-state index in [2.05, 4.69) is 14.7 Å². The second-order valence-electron chi connectivity index (χ2n) is 3.05. The fraction of sp³-hybridized carbons (Fsp3) is 0.182. The first-order valence-corrected chi connectivity index (χ1v) is 5.10. The molecule has 1 heterocycles. The monoisotopic (exact) mass is 253 g/mol. The summed E-state index contributed by atoms with van der Waals surface area (Å²) >= 11 is 5.95. The van der Waals surface area contributed by atoms with Crippen molar-refractivity contribution in [2.75, 3.05) is 14.2 Å². The molecule has 0 aliphatic rings. The van der Waals surface area contributed by atoms with E-state index in [4.69, 9.17) is 17.3 Å². The van der Waals surface area contributed by atoms with Gasteiger partial charge in [0.05, 0.1) is 23.4 Å². The maximum Gasteiger partial charge on any atom is 0.340 e. The Bertz CT molecular complexity index is 484. The van der Waals surface area contributed by atoms with Gasteiger partial charge in [-0.3, -0.25) is 9.98 Å². The molecule has 0 aromatic carbocycles. The lowest BCUT2D eigenvalue weighted by molar-refractivity contribution is 0.0600. The summed E-state index contributed by atoms with van der Waals surface area (Å²) in [6.45, 7) is 0. The fourth-order valence-electron chi connectivity index (χ4n) is 1.18. The number of nitrogens with zero attached hydrogens (tertiary/aromatic N) is 2. The Hall–Kier alpha value is -1.88. The third-order valence-corrected chi connectivity index (χ3v) is 2.32. The van der Waals surface area contributed by atoms with Gasteiger partial charge in [-0.25, -0.2) is 4.79 Å². The SMILES string of the molecule is CN=CC(=CN)c1cc(Cl)c(C(=O)OC)cn1. The molecule has 0 aliphatic carbocycles. The zero-order chi connectivity index (χ0) is 12.8. The molecule has 90 valence electrons. The van der Waals surface area contributed by atoms with Gasteiger partial charge in [0.15, 0.2) is 0 Å². The van der Waals surface area contributed by atoms with Crippen molar-refractivity contribution in [3.63, 3.8) is 0 Å². The van der Waals surface area contributed by atoms with Gasteiger partial charge in [0, 0.05) is 31.2 Å². The van der Waals surface area contributed by atoms with Crippen LogP contribution in [0, 0.1) is 0 Å². The molecule has 2 N–H and O–H groups in total. The number of allylic oxidation sites excluding steroid dienone is 1. The largest absolute Gasteiger partial charge is 0.465 e. The molecule has 1 rings (SSSR count). The van der Waals surface area contributed by atoms with Gasteiger partial charge in [-0.15, -0.1) is 0 Å². The Morgan fingerprint density at radius 3 is 2.82 bits per heavy atom. The third-order valence-electron chi connectivity index (χ3n) is 2.00. The summed E-state index contributed by atoms with van der Waals surface area (Å²) in [6, 6.07) is 1.54. The van der Waals surface area contributed by atoms with Crippen molar-refractivity contribution in [3.05, 3.63) is 34.7 Å². The van der Waals surface area contributed by atoms with Crippen LogP contribution in [0.2, 0.25) is 5.02 Å². The molecule has 1 aromatic rings. The highest BCUT2D eigenvalue weighted by atomic mass is 35.5. The number of nitrogens with two attached hydrogens (primary N) is 1. The number of carbonyl (C=O) groups excluding carboxylic acids is 1. The molecule has 0 saturated heterocycles. The highest BCUT2D eigenvalue weighted by molar-refractivity contribution is 6.33. The van der Waals surface area contributed by atoms with Gasteiger partial charge < -0.3 is 10.5 Å². The second-order valence-corrected chi connectivity index (χ2v) is 3.46. The van der Waals surface area contributed by atoms with Gasteiger partial charge in [0.1, 0.15) is 0 Å².